The quantitative estimate of drug-likeness (QED) is 0.224. The normalized spacial score (nSPS) is 12.6. The van der Waals surface area contributed by atoms with E-state index in [0.717, 1.165) is 12.3 Å². The molecule has 0 saturated carbocycles. The van der Waals surface area contributed by atoms with Gasteiger partial charge >= 0.3 is 6.18 Å². The highest BCUT2D eigenvalue weighted by Gasteiger charge is 2.41. The van der Waals surface area contributed by atoms with Crippen LogP contribution in [0.5, 0.6) is 0 Å². The van der Waals surface area contributed by atoms with Gasteiger partial charge in [-0.05, 0) is 30.3 Å². The fraction of sp³-hybridized carbons (Fsp3) is 0.0455. The van der Waals surface area contributed by atoms with Crippen molar-refractivity contribution in [1.29, 1.82) is 0 Å². The predicted molar refractivity (Wildman–Crippen MR) is 121 cm³/mol. The summed E-state index contributed by atoms with van der Waals surface area (Å²) in [7, 11) is 0. The summed E-state index contributed by atoms with van der Waals surface area (Å²) in [6, 6.07) is 9.50. The number of hydrogen-bond donors (Lipinski definition) is 0. The Hall–Kier alpha value is -3.21. The van der Waals surface area contributed by atoms with Crippen LogP contribution in [-0.4, -0.2) is 19.9 Å². The van der Waals surface area contributed by atoms with Crippen molar-refractivity contribution in [3.05, 3.63) is 81.7 Å². The summed E-state index contributed by atoms with van der Waals surface area (Å²) in [6.45, 7) is 0. The maximum atomic E-state index is 14.8. The summed E-state index contributed by atoms with van der Waals surface area (Å²) >= 11 is 12.9. The highest BCUT2D eigenvalue weighted by molar-refractivity contribution is 7.13. The molecule has 3 heterocycles. The van der Waals surface area contributed by atoms with Crippen molar-refractivity contribution in [3.63, 3.8) is 0 Å². The van der Waals surface area contributed by atoms with Crippen molar-refractivity contribution in [3.8, 4) is 38.8 Å². The number of rotatable bonds is 4. The third kappa shape index (κ3) is 3.87. The average Bonchev–Trinajstić information content (AvgIpc) is 3.50. The summed E-state index contributed by atoms with van der Waals surface area (Å²) < 4.78 is 79.6. The predicted octanol–water partition coefficient (Wildman–Crippen LogP) is 7.78. The maximum absolute atomic E-state index is 14.8. The van der Waals surface area contributed by atoms with E-state index in [1.165, 1.54) is 36.4 Å². The molecule has 0 radical (unpaired) electrons. The molecule has 0 spiro atoms. The lowest BCUT2D eigenvalue weighted by molar-refractivity contribution is -0.142. The third-order valence-corrected chi connectivity index (χ3v) is 6.02. The minimum absolute atomic E-state index is 0.0376. The Morgan fingerprint density at radius 1 is 1.09 bits per heavy atom. The molecular formula is C22H10Cl2F4N4OS. The number of benzene rings is 2. The van der Waals surface area contributed by atoms with Crippen LogP contribution in [0.25, 0.3) is 38.8 Å². The summed E-state index contributed by atoms with van der Waals surface area (Å²) in [5.41, 5.74) is -2.30. The monoisotopic (exact) mass is 526 g/mol. The number of nitrogens with zero attached hydrogens (tertiary/aromatic N) is 4. The van der Waals surface area contributed by atoms with Gasteiger partial charge in [-0.1, -0.05) is 40.5 Å². The first-order valence-electron chi connectivity index (χ1n) is 10.4. The highest BCUT2D eigenvalue weighted by Crippen LogP contribution is 2.47. The van der Waals surface area contributed by atoms with Crippen LogP contribution >= 0.6 is 34.5 Å². The molecule has 0 unspecified atom stereocenters. The van der Waals surface area contributed by atoms with E-state index in [1.807, 2.05) is 0 Å². The molecule has 5 aromatic rings. The van der Waals surface area contributed by atoms with Gasteiger partial charge in [0.25, 0.3) is 0 Å². The van der Waals surface area contributed by atoms with Gasteiger partial charge in [-0.15, -0.1) is 11.3 Å². The van der Waals surface area contributed by atoms with Crippen molar-refractivity contribution < 1.29 is 24.8 Å². The number of hydrogen-bond acceptors (Lipinski definition) is 5. The summed E-state index contributed by atoms with van der Waals surface area (Å²) in [5.74, 6) is -1.23. The second kappa shape index (κ2) is 8.53. The van der Waals surface area contributed by atoms with Crippen LogP contribution in [0.15, 0.2) is 64.7 Å². The number of halogens is 6. The molecule has 0 amide bonds. The van der Waals surface area contributed by atoms with Crippen LogP contribution in [0.1, 0.15) is 8.44 Å². The van der Waals surface area contributed by atoms with E-state index in [0.29, 0.717) is 16.0 Å². The average molecular weight is 527 g/mol. The molecule has 172 valence electrons. The Morgan fingerprint density at radius 3 is 2.56 bits per heavy atom. The van der Waals surface area contributed by atoms with Crippen molar-refractivity contribution in [2.45, 2.75) is 6.18 Å². The Bertz CT molecular complexity index is 1580. The molecule has 3 aromatic heterocycles. The van der Waals surface area contributed by atoms with Crippen LogP contribution < -0.4 is 0 Å². The first-order valence-corrected chi connectivity index (χ1v) is 10.9. The minimum Gasteiger partial charge on any atom is -0.355 e. The fourth-order valence-corrected chi connectivity index (χ4v) is 4.44. The maximum Gasteiger partial charge on any atom is 0.434 e. The second-order valence-corrected chi connectivity index (χ2v) is 8.50. The summed E-state index contributed by atoms with van der Waals surface area (Å²) in [5, 5.41) is 7.54. The van der Waals surface area contributed by atoms with E-state index < -0.39 is 35.2 Å². The summed E-state index contributed by atoms with van der Waals surface area (Å²) in [4.78, 5) is 3.96. The van der Waals surface area contributed by atoms with Crippen molar-refractivity contribution >= 4 is 34.5 Å². The van der Waals surface area contributed by atoms with Crippen LogP contribution in [0, 0.1) is 5.82 Å². The van der Waals surface area contributed by atoms with Gasteiger partial charge in [0.05, 0.1) is 36.3 Å². The Kier molecular flexibility index (Phi) is 5.07. The Labute approximate surface area is 206 Å². The van der Waals surface area contributed by atoms with E-state index in [4.69, 9.17) is 30.5 Å². The van der Waals surface area contributed by atoms with Gasteiger partial charge in [-0.3, -0.25) is 0 Å². The van der Waals surface area contributed by atoms with E-state index in [2.05, 4.69) is 15.2 Å². The lowest BCUT2D eigenvalue weighted by Crippen LogP contribution is -2.14. The van der Waals surface area contributed by atoms with Crippen molar-refractivity contribution in [2.24, 2.45) is 0 Å². The topological polar surface area (TPSA) is 56.7 Å². The molecule has 2 aromatic carbocycles. The van der Waals surface area contributed by atoms with Crippen LogP contribution in [0.2, 0.25) is 10.0 Å². The molecule has 0 N–H and O–H groups in total. The standard InChI is InChI=1S/C22H10Cl2F4N4OS/c23-11-3-1-4-12(9-11)32-20(22(26,27)28)13(10-30-32)19-17(21-29-7-8-34-21)18(31-33-19)16-14(24)5-2-6-15(16)25/h1-10H/i7D,8D. The molecule has 0 aliphatic carbocycles. The van der Waals surface area contributed by atoms with Gasteiger partial charge in [0.1, 0.15) is 16.5 Å². The van der Waals surface area contributed by atoms with Crippen molar-refractivity contribution in [2.75, 3.05) is 0 Å². The minimum atomic E-state index is -4.92. The van der Waals surface area contributed by atoms with Crippen LogP contribution in [-0.2, 0) is 6.18 Å². The van der Waals surface area contributed by atoms with E-state index in [-0.39, 0.29) is 42.9 Å². The van der Waals surface area contributed by atoms with Gasteiger partial charge in [-0.2, -0.15) is 18.3 Å². The summed E-state index contributed by atoms with van der Waals surface area (Å²) in [6.07, 6.45) is -4.41. The van der Waals surface area contributed by atoms with E-state index in [9.17, 15) is 17.6 Å². The van der Waals surface area contributed by atoms with Crippen molar-refractivity contribution in [1.82, 2.24) is 19.9 Å². The molecule has 5 nitrogen and oxygen atoms in total. The van der Waals surface area contributed by atoms with Gasteiger partial charge < -0.3 is 4.52 Å². The molecule has 0 atom stereocenters. The van der Waals surface area contributed by atoms with Crippen LogP contribution in [0.4, 0.5) is 17.6 Å². The van der Waals surface area contributed by atoms with Gasteiger partial charge in [0, 0.05) is 16.6 Å². The molecule has 0 aliphatic rings. The molecule has 0 saturated heterocycles. The van der Waals surface area contributed by atoms with E-state index >= 15 is 0 Å². The SMILES string of the molecule is [2H]c1nc(-c2c(-c3c(F)cccc3Cl)noc2-c2cnn(-c3cccc(Cl)c3)c2C(F)(F)F)sc1[2H]. The lowest BCUT2D eigenvalue weighted by Gasteiger charge is -2.12. The van der Waals surface area contributed by atoms with Gasteiger partial charge in [0.15, 0.2) is 11.5 Å². The van der Waals surface area contributed by atoms with E-state index in [1.54, 1.807) is 0 Å². The largest absolute Gasteiger partial charge is 0.434 e. The molecule has 12 heteroatoms. The number of aromatic nitrogens is 4. The fourth-order valence-electron chi connectivity index (χ4n) is 3.43. The molecule has 0 aliphatic heterocycles. The zero-order chi connectivity index (χ0) is 25.8. The lowest BCUT2D eigenvalue weighted by atomic mass is 10.0. The second-order valence-electron chi connectivity index (χ2n) is 6.86. The third-order valence-electron chi connectivity index (χ3n) is 4.79. The molecule has 0 bridgehead atoms. The first-order chi connectivity index (χ1) is 17.1. The molecular weight excluding hydrogens is 515 g/mol. The zero-order valence-corrected chi connectivity index (χ0v) is 18.8. The highest BCUT2D eigenvalue weighted by atomic mass is 35.5. The number of thiazole rings is 1. The molecule has 5 rings (SSSR count). The first kappa shape index (κ1) is 20.2. The van der Waals surface area contributed by atoms with Gasteiger partial charge in [0.2, 0.25) is 0 Å². The molecule has 0 fully saturated rings. The smallest absolute Gasteiger partial charge is 0.355 e. The number of alkyl halides is 3. The Balaban J connectivity index is 1.83. The van der Waals surface area contributed by atoms with Crippen LogP contribution in [0.3, 0.4) is 0 Å². The Morgan fingerprint density at radius 2 is 1.88 bits per heavy atom. The van der Waals surface area contributed by atoms with Gasteiger partial charge in [-0.25, -0.2) is 14.1 Å². The molecule has 34 heavy (non-hydrogen) atoms. The zero-order valence-electron chi connectivity index (χ0n) is 18.5.